The zero-order valence-corrected chi connectivity index (χ0v) is 8.29. The lowest BCUT2D eigenvalue weighted by Crippen LogP contribution is -2.33. The van der Waals surface area contributed by atoms with E-state index in [0.717, 1.165) is 19.3 Å². The van der Waals surface area contributed by atoms with Crippen LogP contribution in [0.1, 0.15) is 32.6 Å². The van der Waals surface area contributed by atoms with Crippen molar-refractivity contribution in [2.45, 2.75) is 38.6 Å². The van der Waals surface area contributed by atoms with Crippen LogP contribution in [0.25, 0.3) is 0 Å². The summed E-state index contributed by atoms with van der Waals surface area (Å²) in [6.45, 7) is 3.09. The Morgan fingerprint density at radius 3 is 2.69 bits per heavy atom. The molecule has 0 aromatic carbocycles. The first-order valence-corrected chi connectivity index (χ1v) is 4.84. The lowest BCUT2D eigenvalue weighted by Gasteiger charge is -2.10. The first-order chi connectivity index (χ1) is 6.22. The SMILES string of the molecule is CCCCOC(=O)C(N)CCCN. The molecule has 13 heavy (non-hydrogen) atoms. The van der Waals surface area contributed by atoms with Crippen molar-refractivity contribution in [1.29, 1.82) is 0 Å². The summed E-state index contributed by atoms with van der Waals surface area (Å²) in [7, 11) is 0. The molecular formula is C9H20N2O2. The Morgan fingerprint density at radius 1 is 1.46 bits per heavy atom. The zero-order valence-electron chi connectivity index (χ0n) is 8.29. The number of esters is 1. The van der Waals surface area contributed by atoms with Crippen LogP contribution in [0, 0.1) is 0 Å². The fourth-order valence-electron chi connectivity index (χ4n) is 0.880. The van der Waals surface area contributed by atoms with Gasteiger partial charge in [0.2, 0.25) is 0 Å². The van der Waals surface area contributed by atoms with Crippen molar-refractivity contribution in [2.24, 2.45) is 11.5 Å². The maximum absolute atomic E-state index is 11.1. The molecule has 0 rings (SSSR count). The van der Waals surface area contributed by atoms with E-state index in [-0.39, 0.29) is 5.97 Å². The Morgan fingerprint density at radius 2 is 2.15 bits per heavy atom. The standard InChI is InChI=1S/C9H20N2O2/c1-2-3-7-13-9(12)8(11)5-4-6-10/h8H,2-7,10-11H2,1H3. The normalized spacial score (nSPS) is 12.5. The van der Waals surface area contributed by atoms with Crippen LogP contribution in [0.2, 0.25) is 0 Å². The summed E-state index contributed by atoms with van der Waals surface area (Å²) in [5, 5.41) is 0. The molecule has 4 nitrogen and oxygen atoms in total. The van der Waals surface area contributed by atoms with Crippen molar-refractivity contribution in [2.75, 3.05) is 13.2 Å². The predicted molar refractivity (Wildman–Crippen MR) is 52.1 cm³/mol. The smallest absolute Gasteiger partial charge is 0.322 e. The van der Waals surface area contributed by atoms with Crippen molar-refractivity contribution >= 4 is 5.97 Å². The van der Waals surface area contributed by atoms with Crippen LogP contribution in [0.4, 0.5) is 0 Å². The summed E-state index contributed by atoms with van der Waals surface area (Å²) in [4.78, 5) is 11.1. The molecule has 0 radical (unpaired) electrons. The Labute approximate surface area is 79.6 Å². The van der Waals surface area contributed by atoms with Gasteiger partial charge < -0.3 is 16.2 Å². The van der Waals surface area contributed by atoms with E-state index in [0.29, 0.717) is 19.6 Å². The highest BCUT2D eigenvalue weighted by Gasteiger charge is 2.13. The van der Waals surface area contributed by atoms with E-state index in [9.17, 15) is 4.79 Å². The number of carbonyl (C=O) groups excluding carboxylic acids is 1. The number of hydrogen-bond acceptors (Lipinski definition) is 4. The summed E-state index contributed by atoms with van der Waals surface area (Å²) in [6.07, 6.45) is 3.30. The average Bonchev–Trinajstić information content (AvgIpc) is 2.14. The van der Waals surface area contributed by atoms with Crippen molar-refractivity contribution in [3.63, 3.8) is 0 Å². The zero-order chi connectivity index (χ0) is 10.1. The molecule has 0 spiro atoms. The van der Waals surface area contributed by atoms with Gasteiger partial charge in [-0.2, -0.15) is 0 Å². The van der Waals surface area contributed by atoms with Crippen LogP contribution < -0.4 is 11.5 Å². The molecule has 78 valence electrons. The number of carbonyl (C=O) groups is 1. The number of rotatable bonds is 7. The largest absolute Gasteiger partial charge is 0.465 e. The third-order valence-electron chi connectivity index (χ3n) is 1.76. The van der Waals surface area contributed by atoms with E-state index >= 15 is 0 Å². The first-order valence-electron chi connectivity index (χ1n) is 4.84. The van der Waals surface area contributed by atoms with Gasteiger partial charge in [-0.25, -0.2) is 0 Å². The van der Waals surface area contributed by atoms with Gasteiger partial charge in [-0.15, -0.1) is 0 Å². The summed E-state index contributed by atoms with van der Waals surface area (Å²) in [5.41, 5.74) is 10.8. The fourth-order valence-corrected chi connectivity index (χ4v) is 0.880. The van der Waals surface area contributed by atoms with Gasteiger partial charge in [0.25, 0.3) is 0 Å². The summed E-state index contributed by atoms with van der Waals surface area (Å²) in [6, 6.07) is -0.500. The van der Waals surface area contributed by atoms with E-state index in [1.54, 1.807) is 0 Å². The second kappa shape index (κ2) is 8.01. The minimum Gasteiger partial charge on any atom is -0.465 e. The maximum atomic E-state index is 11.1. The Hall–Kier alpha value is -0.610. The second-order valence-electron chi connectivity index (χ2n) is 3.06. The van der Waals surface area contributed by atoms with E-state index < -0.39 is 6.04 Å². The van der Waals surface area contributed by atoms with Crippen LogP contribution in [-0.4, -0.2) is 25.2 Å². The molecule has 0 saturated heterocycles. The van der Waals surface area contributed by atoms with Crippen LogP contribution in [0.15, 0.2) is 0 Å². The Balaban J connectivity index is 3.45. The molecule has 0 heterocycles. The third-order valence-corrected chi connectivity index (χ3v) is 1.76. The maximum Gasteiger partial charge on any atom is 0.322 e. The molecule has 0 aromatic rings. The van der Waals surface area contributed by atoms with Gasteiger partial charge in [0.15, 0.2) is 0 Å². The van der Waals surface area contributed by atoms with E-state index in [4.69, 9.17) is 16.2 Å². The average molecular weight is 188 g/mol. The molecule has 0 aliphatic rings. The summed E-state index contributed by atoms with van der Waals surface area (Å²) < 4.78 is 4.94. The monoisotopic (exact) mass is 188 g/mol. The molecule has 4 N–H and O–H groups in total. The topological polar surface area (TPSA) is 78.3 Å². The van der Waals surface area contributed by atoms with Crippen LogP contribution in [0.3, 0.4) is 0 Å². The highest BCUT2D eigenvalue weighted by molar-refractivity contribution is 5.75. The lowest BCUT2D eigenvalue weighted by atomic mass is 10.2. The fraction of sp³-hybridized carbons (Fsp3) is 0.889. The van der Waals surface area contributed by atoms with Crippen molar-refractivity contribution in [3.8, 4) is 0 Å². The van der Waals surface area contributed by atoms with Gasteiger partial charge in [0, 0.05) is 0 Å². The summed E-state index contributed by atoms with van der Waals surface area (Å²) >= 11 is 0. The number of ether oxygens (including phenoxy) is 1. The van der Waals surface area contributed by atoms with Crippen LogP contribution in [-0.2, 0) is 9.53 Å². The highest BCUT2D eigenvalue weighted by Crippen LogP contribution is 1.97. The molecule has 0 aromatic heterocycles. The first kappa shape index (κ1) is 12.4. The minimum absolute atomic E-state index is 0.304. The Bertz CT molecular complexity index is 140. The van der Waals surface area contributed by atoms with E-state index in [1.165, 1.54) is 0 Å². The van der Waals surface area contributed by atoms with Gasteiger partial charge in [0.1, 0.15) is 6.04 Å². The van der Waals surface area contributed by atoms with E-state index in [1.807, 2.05) is 6.92 Å². The van der Waals surface area contributed by atoms with Crippen molar-refractivity contribution in [3.05, 3.63) is 0 Å². The molecule has 0 saturated carbocycles. The van der Waals surface area contributed by atoms with Gasteiger partial charge in [-0.05, 0) is 25.8 Å². The molecule has 0 amide bonds. The molecule has 1 atom stereocenters. The lowest BCUT2D eigenvalue weighted by molar-refractivity contribution is -0.145. The van der Waals surface area contributed by atoms with Crippen molar-refractivity contribution < 1.29 is 9.53 Å². The molecule has 0 fully saturated rings. The third kappa shape index (κ3) is 6.54. The van der Waals surface area contributed by atoms with Crippen LogP contribution in [0.5, 0.6) is 0 Å². The Kier molecular flexibility index (Phi) is 7.63. The van der Waals surface area contributed by atoms with Gasteiger partial charge in [-0.3, -0.25) is 4.79 Å². The quantitative estimate of drug-likeness (QED) is 0.447. The molecular weight excluding hydrogens is 168 g/mol. The highest BCUT2D eigenvalue weighted by atomic mass is 16.5. The minimum atomic E-state index is -0.500. The number of hydrogen-bond donors (Lipinski definition) is 2. The molecule has 0 aliphatic carbocycles. The molecule has 0 bridgehead atoms. The van der Waals surface area contributed by atoms with Gasteiger partial charge in [0.05, 0.1) is 6.61 Å². The number of unbranched alkanes of at least 4 members (excludes halogenated alkanes) is 1. The molecule has 0 aliphatic heterocycles. The van der Waals surface area contributed by atoms with Gasteiger partial charge >= 0.3 is 5.97 Å². The van der Waals surface area contributed by atoms with E-state index in [2.05, 4.69) is 0 Å². The van der Waals surface area contributed by atoms with Crippen molar-refractivity contribution in [1.82, 2.24) is 0 Å². The molecule has 1 unspecified atom stereocenters. The molecule has 4 heteroatoms. The second-order valence-corrected chi connectivity index (χ2v) is 3.06. The van der Waals surface area contributed by atoms with Crippen LogP contribution >= 0.6 is 0 Å². The summed E-state index contributed by atoms with van der Waals surface area (Å²) in [5.74, 6) is -0.304. The predicted octanol–water partition coefficient (Wildman–Crippen LogP) is 0.396. The number of nitrogens with two attached hydrogens (primary N) is 2. The van der Waals surface area contributed by atoms with Gasteiger partial charge in [-0.1, -0.05) is 13.3 Å².